The number of hydrogen-bond acceptors (Lipinski definition) is 4. The van der Waals surface area contributed by atoms with Crippen LogP contribution in [0.15, 0.2) is 29.3 Å². The second-order valence-corrected chi connectivity index (χ2v) is 5.09. The number of carbonyl (C=O) groups is 1. The number of anilines is 1. The molecule has 1 saturated carbocycles. The maximum Gasteiger partial charge on any atom is 0.335 e. The lowest BCUT2D eigenvalue weighted by Gasteiger charge is -2.23. The number of aromatic carboxylic acids is 1. The number of hydrogen-bond donors (Lipinski definition) is 3. The molecule has 100 valence electrons. The van der Waals surface area contributed by atoms with E-state index in [1.165, 1.54) is 19.3 Å². The third kappa shape index (κ3) is 2.54. The summed E-state index contributed by atoms with van der Waals surface area (Å²) >= 11 is 0. The molecule has 3 rings (SSSR count). The standard InChI is InChI=1S/C14H17N3O2/c18-13(19)9-5-7-10(8-6-9)15-14-16-11-3-1-2-4-12(11)17-14/h5-8,11-12H,1-4H2,(H,18,19)(H2,15,16,17). The molecule has 1 aliphatic carbocycles. The van der Waals surface area contributed by atoms with Gasteiger partial charge in [-0.05, 0) is 37.1 Å². The van der Waals surface area contributed by atoms with Gasteiger partial charge in [0.05, 0.1) is 17.6 Å². The highest BCUT2D eigenvalue weighted by Crippen LogP contribution is 2.25. The van der Waals surface area contributed by atoms with Gasteiger partial charge in [-0.25, -0.2) is 9.79 Å². The van der Waals surface area contributed by atoms with E-state index in [4.69, 9.17) is 5.11 Å². The van der Waals surface area contributed by atoms with Crippen molar-refractivity contribution in [3.63, 3.8) is 0 Å². The van der Waals surface area contributed by atoms with Crippen LogP contribution in [0.25, 0.3) is 0 Å². The van der Waals surface area contributed by atoms with Crippen molar-refractivity contribution in [2.24, 2.45) is 4.99 Å². The molecule has 0 saturated heterocycles. The van der Waals surface area contributed by atoms with Gasteiger partial charge >= 0.3 is 5.97 Å². The van der Waals surface area contributed by atoms with E-state index in [0.717, 1.165) is 18.1 Å². The highest BCUT2D eigenvalue weighted by molar-refractivity contribution is 5.96. The minimum Gasteiger partial charge on any atom is -0.478 e. The van der Waals surface area contributed by atoms with E-state index >= 15 is 0 Å². The Kier molecular flexibility index (Phi) is 3.11. The zero-order valence-corrected chi connectivity index (χ0v) is 10.6. The Morgan fingerprint density at radius 3 is 2.68 bits per heavy atom. The van der Waals surface area contributed by atoms with E-state index in [1.54, 1.807) is 24.3 Å². The number of guanidine groups is 1. The summed E-state index contributed by atoms with van der Waals surface area (Å²) in [6, 6.07) is 7.57. The number of carboxylic acids is 1. The maximum absolute atomic E-state index is 10.8. The minimum atomic E-state index is -0.908. The molecule has 1 aromatic carbocycles. The average Bonchev–Trinajstić information content (AvgIpc) is 2.81. The average molecular weight is 259 g/mol. The first kappa shape index (κ1) is 12.0. The predicted molar refractivity (Wildman–Crippen MR) is 73.6 cm³/mol. The van der Waals surface area contributed by atoms with Crippen LogP contribution in [0.5, 0.6) is 0 Å². The Labute approximate surface area is 111 Å². The number of fused-ring (bicyclic) bond motifs is 1. The number of rotatable bonds is 2. The van der Waals surface area contributed by atoms with Crippen LogP contribution >= 0.6 is 0 Å². The van der Waals surface area contributed by atoms with E-state index in [9.17, 15) is 4.79 Å². The first-order valence-corrected chi connectivity index (χ1v) is 6.67. The first-order chi connectivity index (χ1) is 9.22. The van der Waals surface area contributed by atoms with Crippen LogP contribution in [-0.4, -0.2) is 29.1 Å². The molecule has 5 heteroatoms. The normalized spacial score (nSPS) is 25.2. The van der Waals surface area contributed by atoms with Gasteiger partial charge in [0.2, 0.25) is 0 Å². The van der Waals surface area contributed by atoms with Crippen molar-refractivity contribution < 1.29 is 9.90 Å². The van der Waals surface area contributed by atoms with Crippen molar-refractivity contribution in [2.75, 3.05) is 5.32 Å². The van der Waals surface area contributed by atoms with Crippen LogP contribution in [0.1, 0.15) is 36.0 Å². The van der Waals surface area contributed by atoms with Gasteiger partial charge in [0.25, 0.3) is 0 Å². The van der Waals surface area contributed by atoms with Crippen molar-refractivity contribution in [2.45, 2.75) is 37.8 Å². The van der Waals surface area contributed by atoms with Crippen molar-refractivity contribution in [1.82, 2.24) is 5.32 Å². The summed E-state index contributed by atoms with van der Waals surface area (Å²) in [6.45, 7) is 0. The van der Waals surface area contributed by atoms with Gasteiger partial charge in [0.15, 0.2) is 5.96 Å². The van der Waals surface area contributed by atoms with E-state index in [0.29, 0.717) is 17.6 Å². The fourth-order valence-electron chi connectivity index (χ4n) is 2.71. The van der Waals surface area contributed by atoms with Gasteiger partial charge in [-0.2, -0.15) is 0 Å². The van der Waals surface area contributed by atoms with E-state index in [1.807, 2.05) is 0 Å². The first-order valence-electron chi connectivity index (χ1n) is 6.67. The van der Waals surface area contributed by atoms with E-state index in [-0.39, 0.29) is 0 Å². The molecule has 5 nitrogen and oxygen atoms in total. The largest absolute Gasteiger partial charge is 0.478 e. The van der Waals surface area contributed by atoms with Crippen LogP contribution in [0, 0.1) is 0 Å². The van der Waals surface area contributed by atoms with Crippen LogP contribution in [0.3, 0.4) is 0 Å². The molecule has 0 amide bonds. The second kappa shape index (κ2) is 4.91. The molecule has 1 aromatic rings. The van der Waals surface area contributed by atoms with Crippen LogP contribution < -0.4 is 10.6 Å². The second-order valence-electron chi connectivity index (χ2n) is 5.09. The Bertz CT molecular complexity index is 510. The lowest BCUT2D eigenvalue weighted by molar-refractivity contribution is 0.0697. The van der Waals surface area contributed by atoms with Gasteiger partial charge < -0.3 is 15.7 Å². The molecular formula is C14H17N3O2. The Balaban J connectivity index is 1.67. The quantitative estimate of drug-likeness (QED) is 0.760. The molecule has 0 aromatic heterocycles. The molecule has 1 fully saturated rings. The number of benzene rings is 1. The molecule has 1 aliphatic heterocycles. The third-order valence-electron chi connectivity index (χ3n) is 3.74. The molecule has 2 unspecified atom stereocenters. The summed E-state index contributed by atoms with van der Waals surface area (Å²) in [6.07, 6.45) is 4.86. The molecule has 0 spiro atoms. The fraction of sp³-hybridized carbons (Fsp3) is 0.429. The fourth-order valence-corrected chi connectivity index (χ4v) is 2.71. The maximum atomic E-state index is 10.8. The van der Waals surface area contributed by atoms with Gasteiger partial charge in [0.1, 0.15) is 0 Å². The zero-order valence-electron chi connectivity index (χ0n) is 10.6. The molecular weight excluding hydrogens is 242 g/mol. The van der Waals surface area contributed by atoms with Crippen molar-refractivity contribution in [3.8, 4) is 0 Å². The van der Waals surface area contributed by atoms with Gasteiger partial charge in [-0.3, -0.25) is 0 Å². The zero-order chi connectivity index (χ0) is 13.2. The van der Waals surface area contributed by atoms with Gasteiger partial charge in [-0.1, -0.05) is 12.8 Å². The third-order valence-corrected chi connectivity index (χ3v) is 3.74. The summed E-state index contributed by atoms with van der Waals surface area (Å²) in [7, 11) is 0. The SMILES string of the molecule is O=C(O)c1ccc(NC2=NC3CCCCC3N2)cc1. The summed E-state index contributed by atoms with van der Waals surface area (Å²) < 4.78 is 0. The minimum absolute atomic E-state index is 0.292. The Morgan fingerprint density at radius 2 is 2.00 bits per heavy atom. The number of carboxylic acid groups (broad SMARTS) is 1. The topological polar surface area (TPSA) is 73.7 Å². The molecule has 1 heterocycles. The molecule has 2 atom stereocenters. The van der Waals surface area contributed by atoms with Crippen molar-refractivity contribution in [1.29, 1.82) is 0 Å². The predicted octanol–water partition coefficient (Wildman–Crippen LogP) is 2.07. The molecule has 0 bridgehead atoms. The van der Waals surface area contributed by atoms with Gasteiger partial charge in [0, 0.05) is 5.69 Å². The molecule has 0 radical (unpaired) electrons. The Morgan fingerprint density at radius 1 is 1.26 bits per heavy atom. The summed E-state index contributed by atoms with van der Waals surface area (Å²) in [5, 5.41) is 15.5. The summed E-state index contributed by atoms with van der Waals surface area (Å²) in [4.78, 5) is 15.4. The van der Waals surface area contributed by atoms with Crippen LogP contribution in [0.4, 0.5) is 5.69 Å². The van der Waals surface area contributed by atoms with E-state index < -0.39 is 5.97 Å². The molecule has 2 aliphatic rings. The Hall–Kier alpha value is -2.04. The summed E-state index contributed by atoms with van der Waals surface area (Å²) in [5.74, 6) is -0.103. The smallest absolute Gasteiger partial charge is 0.335 e. The number of nitrogens with one attached hydrogen (secondary N) is 2. The number of aliphatic imine (C=N–C) groups is 1. The van der Waals surface area contributed by atoms with Crippen LogP contribution in [-0.2, 0) is 0 Å². The van der Waals surface area contributed by atoms with Gasteiger partial charge in [-0.15, -0.1) is 0 Å². The lowest BCUT2D eigenvalue weighted by atomic mass is 9.92. The molecule has 3 N–H and O–H groups in total. The van der Waals surface area contributed by atoms with Crippen molar-refractivity contribution in [3.05, 3.63) is 29.8 Å². The summed E-state index contributed by atoms with van der Waals surface area (Å²) in [5.41, 5.74) is 1.15. The monoisotopic (exact) mass is 259 g/mol. The molecule has 19 heavy (non-hydrogen) atoms. The number of nitrogens with zero attached hydrogens (tertiary/aromatic N) is 1. The van der Waals surface area contributed by atoms with E-state index in [2.05, 4.69) is 15.6 Å². The lowest BCUT2D eigenvalue weighted by Crippen LogP contribution is -2.38. The van der Waals surface area contributed by atoms with Crippen molar-refractivity contribution >= 4 is 17.6 Å². The highest BCUT2D eigenvalue weighted by atomic mass is 16.4. The highest BCUT2D eigenvalue weighted by Gasteiger charge is 2.30. The van der Waals surface area contributed by atoms with Crippen LogP contribution in [0.2, 0.25) is 0 Å².